The Balaban J connectivity index is 2.71. The molecule has 20 heavy (non-hydrogen) atoms. The van der Waals surface area contributed by atoms with Gasteiger partial charge in [0.15, 0.2) is 0 Å². The van der Waals surface area contributed by atoms with Crippen LogP contribution in [0.15, 0.2) is 24.3 Å². The number of halogens is 3. The molecule has 5 nitrogen and oxygen atoms in total. The van der Waals surface area contributed by atoms with E-state index >= 15 is 0 Å². The summed E-state index contributed by atoms with van der Waals surface area (Å²) < 4.78 is 39.9. The summed E-state index contributed by atoms with van der Waals surface area (Å²) in [6.45, 7) is -0.475. The van der Waals surface area contributed by atoms with Gasteiger partial charge in [-0.1, -0.05) is 12.1 Å². The van der Waals surface area contributed by atoms with Gasteiger partial charge >= 0.3 is 12.3 Å². The van der Waals surface area contributed by atoms with Crippen molar-refractivity contribution in [2.75, 3.05) is 13.6 Å². The van der Waals surface area contributed by atoms with Crippen LogP contribution in [0.2, 0.25) is 0 Å². The van der Waals surface area contributed by atoms with Gasteiger partial charge in [-0.15, -0.1) is 13.2 Å². The molecule has 0 atom stereocenters. The van der Waals surface area contributed by atoms with Crippen LogP contribution in [0, 0.1) is 0 Å². The van der Waals surface area contributed by atoms with Crippen molar-refractivity contribution in [2.24, 2.45) is 0 Å². The van der Waals surface area contributed by atoms with Crippen molar-refractivity contribution in [3.05, 3.63) is 29.8 Å². The predicted octanol–water partition coefficient (Wildman–Crippen LogP) is 1.67. The number of rotatable bonds is 5. The molecular weight excluding hydrogens is 279 g/mol. The first-order valence-electron chi connectivity index (χ1n) is 5.48. The zero-order valence-corrected chi connectivity index (χ0v) is 10.5. The van der Waals surface area contributed by atoms with Gasteiger partial charge in [0.2, 0.25) is 5.91 Å². The van der Waals surface area contributed by atoms with Gasteiger partial charge in [0.05, 0.1) is 6.42 Å². The van der Waals surface area contributed by atoms with Crippen molar-refractivity contribution in [1.29, 1.82) is 0 Å². The van der Waals surface area contributed by atoms with E-state index in [1.54, 1.807) is 0 Å². The van der Waals surface area contributed by atoms with Gasteiger partial charge in [0, 0.05) is 7.05 Å². The molecule has 0 fully saturated rings. The first-order chi connectivity index (χ1) is 9.17. The van der Waals surface area contributed by atoms with Crippen LogP contribution in [0.4, 0.5) is 13.2 Å². The molecule has 0 aliphatic carbocycles. The number of carbonyl (C=O) groups excluding carboxylic acids is 1. The molecule has 1 aromatic carbocycles. The van der Waals surface area contributed by atoms with Crippen molar-refractivity contribution in [1.82, 2.24) is 4.90 Å². The summed E-state index contributed by atoms with van der Waals surface area (Å²) in [5, 5.41) is 8.53. The van der Waals surface area contributed by atoms with E-state index in [1.807, 2.05) is 0 Å². The quantitative estimate of drug-likeness (QED) is 0.896. The van der Waals surface area contributed by atoms with E-state index in [0.717, 1.165) is 17.0 Å². The van der Waals surface area contributed by atoms with Crippen LogP contribution in [0.5, 0.6) is 5.75 Å². The predicted molar refractivity (Wildman–Crippen MR) is 62.1 cm³/mol. The van der Waals surface area contributed by atoms with Crippen LogP contribution in [-0.2, 0) is 16.0 Å². The van der Waals surface area contributed by atoms with E-state index in [9.17, 15) is 22.8 Å². The number of carboxylic acids is 1. The number of aliphatic carboxylic acids is 1. The molecule has 0 aliphatic heterocycles. The van der Waals surface area contributed by atoms with E-state index in [-0.39, 0.29) is 6.42 Å². The van der Waals surface area contributed by atoms with Crippen molar-refractivity contribution in [3.63, 3.8) is 0 Å². The summed E-state index contributed by atoms with van der Waals surface area (Å²) in [5.74, 6) is -2.12. The molecule has 0 spiro atoms. The maximum Gasteiger partial charge on any atom is 0.573 e. The largest absolute Gasteiger partial charge is 0.573 e. The lowest BCUT2D eigenvalue weighted by atomic mass is 10.1. The zero-order chi connectivity index (χ0) is 15.3. The van der Waals surface area contributed by atoms with Crippen LogP contribution in [0.1, 0.15) is 5.56 Å². The van der Waals surface area contributed by atoms with Gasteiger partial charge in [0.25, 0.3) is 0 Å². The fraction of sp³-hybridized carbons (Fsp3) is 0.333. The van der Waals surface area contributed by atoms with E-state index in [0.29, 0.717) is 5.56 Å². The lowest BCUT2D eigenvalue weighted by Gasteiger charge is -2.15. The minimum atomic E-state index is -4.80. The summed E-state index contributed by atoms with van der Waals surface area (Å²) in [7, 11) is 1.30. The molecule has 1 N–H and O–H groups in total. The number of hydrogen-bond acceptors (Lipinski definition) is 3. The van der Waals surface area contributed by atoms with Crippen molar-refractivity contribution in [2.45, 2.75) is 12.8 Å². The fourth-order valence-corrected chi connectivity index (χ4v) is 1.45. The minimum absolute atomic E-state index is 0.209. The Morgan fingerprint density at radius 3 is 2.55 bits per heavy atom. The van der Waals surface area contributed by atoms with E-state index in [1.165, 1.54) is 19.2 Å². The Morgan fingerprint density at radius 2 is 2.00 bits per heavy atom. The molecule has 0 bridgehead atoms. The van der Waals surface area contributed by atoms with Crippen molar-refractivity contribution in [3.8, 4) is 5.75 Å². The molecular formula is C12H12F3NO4. The van der Waals surface area contributed by atoms with E-state index in [4.69, 9.17) is 5.11 Å². The highest BCUT2D eigenvalue weighted by atomic mass is 19.4. The van der Waals surface area contributed by atoms with Crippen LogP contribution in [0.25, 0.3) is 0 Å². The molecule has 0 aromatic heterocycles. The highest BCUT2D eigenvalue weighted by Crippen LogP contribution is 2.23. The number of hydrogen-bond donors (Lipinski definition) is 1. The highest BCUT2D eigenvalue weighted by Gasteiger charge is 2.31. The van der Waals surface area contributed by atoms with Gasteiger partial charge in [0.1, 0.15) is 12.3 Å². The summed E-state index contributed by atoms with van der Waals surface area (Å²) in [4.78, 5) is 23.1. The molecule has 1 rings (SSSR count). The molecule has 0 aliphatic rings. The van der Waals surface area contributed by atoms with Gasteiger partial charge in [-0.2, -0.15) is 0 Å². The molecule has 0 heterocycles. The molecule has 110 valence electrons. The lowest BCUT2D eigenvalue weighted by Crippen LogP contribution is -2.33. The maximum atomic E-state index is 12.0. The highest BCUT2D eigenvalue weighted by molar-refractivity contribution is 5.82. The minimum Gasteiger partial charge on any atom is -0.480 e. The standard InChI is InChI=1S/C12H12F3NO4/c1-16(7-11(18)19)10(17)6-8-3-2-4-9(5-8)20-12(13,14)15/h2-5H,6-7H2,1H3,(H,18,19). The van der Waals surface area contributed by atoms with Crippen LogP contribution >= 0.6 is 0 Å². The van der Waals surface area contributed by atoms with E-state index < -0.39 is 30.5 Å². The van der Waals surface area contributed by atoms with Gasteiger partial charge in [-0.3, -0.25) is 9.59 Å². The molecule has 1 aromatic rings. The molecule has 8 heteroatoms. The molecule has 0 unspecified atom stereocenters. The Kier molecular flexibility index (Phi) is 4.95. The number of benzene rings is 1. The second kappa shape index (κ2) is 6.27. The Bertz CT molecular complexity index is 502. The second-order valence-electron chi connectivity index (χ2n) is 4.02. The Hall–Kier alpha value is -2.25. The molecule has 0 radical (unpaired) electrons. The average Bonchev–Trinajstić information content (AvgIpc) is 2.25. The van der Waals surface area contributed by atoms with Crippen LogP contribution in [-0.4, -0.2) is 41.8 Å². The average molecular weight is 291 g/mol. The first kappa shape index (κ1) is 15.8. The fourth-order valence-electron chi connectivity index (χ4n) is 1.45. The molecule has 0 saturated heterocycles. The lowest BCUT2D eigenvalue weighted by molar-refractivity contribution is -0.274. The third-order valence-electron chi connectivity index (χ3n) is 2.29. The summed E-state index contributed by atoms with van der Waals surface area (Å²) in [6, 6.07) is 4.97. The maximum absolute atomic E-state index is 12.0. The normalized spacial score (nSPS) is 11.0. The Labute approximate surface area is 112 Å². The van der Waals surface area contributed by atoms with Crippen LogP contribution < -0.4 is 4.74 Å². The first-order valence-corrected chi connectivity index (χ1v) is 5.48. The molecule has 0 saturated carbocycles. The van der Waals surface area contributed by atoms with Gasteiger partial charge in [-0.05, 0) is 17.7 Å². The second-order valence-corrected chi connectivity index (χ2v) is 4.02. The molecule has 1 amide bonds. The topological polar surface area (TPSA) is 66.8 Å². The number of alkyl halides is 3. The number of carbonyl (C=O) groups is 2. The number of ether oxygens (including phenoxy) is 1. The number of nitrogens with zero attached hydrogens (tertiary/aromatic N) is 1. The third kappa shape index (κ3) is 5.59. The summed E-state index contributed by atoms with van der Waals surface area (Å²) >= 11 is 0. The monoisotopic (exact) mass is 291 g/mol. The zero-order valence-electron chi connectivity index (χ0n) is 10.5. The van der Waals surface area contributed by atoms with Gasteiger partial charge < -0.3 is 14.7 Å². The number of carboxylic acid groups (broad SMARTS) is 1. The summed E-state index contributed by atoms with van der Waals surface area (Å²) in [5.41, 5.74) is 0.300. The third-order valence-corrected chi connectivity index (χ3v) is 2.29. The number of amides is 1. The Morgan fingerprint density at radius 1 is 1.35 bits per heavy atom. The van der Waals surface area contributed by atoms with Gasteiger partial charge in [-0.25, -0.2) is 0 Å². The van der Waals surface area contributed by atoms with Crippen molar-refractivity contribution < 1.29 is 32.6 Å². The van der Waals surface area contributed by atoms with Crippen LogP contribution in [0.3, 0.4) is 0 Å². The smallest absolute Gasteiger partial charge is 0.480 e. The summed E-state index contributed by atoms with van der Waals surface area (Å²) in [6.07, 6.45) is -5.01. The van der Waals surface area contributed by atoms with E-state index in [2.05, 4.69) is 4.74 Å². The SMILES string of the molecule is CN(CC(=O)O)C(=O)Cc1cccc(OC(F)(F)F)c1. The number of likely N-dealkylation sites (N-methyl/N-ethyl adjacent to an activating group) is 1. The van der Waals surface area contributed by atoms with Crippen molar-refractivity contribution >= 4 is 11.9 Å².